The van der Waals surface area contributed by atoms with Crippen LogP contribution in [0.4, 0.5) is 17.1 Å². The van der Waals surface area contributed by atoms with Gasteiger partial charge in [-0.1, -0.05) is 15.9 Å². The van der Waals surface area contributed by atoms with E-state index in [1.165, 1.54) is 4.31 Å². The van der Waals surface area contributed by atoms with Gasteiger partial charge in [-0.05, 0) is 48.9 Å². The summed E-state index contributed by atoms with van der Waals surface area (Å²) in [4.78, 5) is 15.0. The summed E-state index contributed by atoms with van der Waals surface area (Å²) in [6, 6.07) is 12.5. The molecule has 2 heterocycles. The maximum Gasteiger partial charge on any atom is 0.255 e. The molecule has 1 amide bonds. The van der Waals surface area contributed by atoms with E-state index >= 15 is 0 Å². The molecule has 2 aromatic rings. The number of hydrogen-bond acceptors (Lipinski definition) is 5. The van der Waals surface area contributed by atoms with Crippen LogP contribution < -0.4 is 14.5 Å². The van der Waals surface area contributed by atoms with E-state index in [9.17, 15) is 13.2 Å². The molecule has 2 saturated heterocycles. The van der Waals surface area contributed by atoms with Crippen LogP contribution in [0.1, 0.15) is 16.8 Å². The number of nitrogens with one attached hydrogen (secondary N) is 1. The normalized spacial score (nSPS) is 18.7. The smallest absolute Gasteiger partial charge is 0.255 e. The van der Waals surface area contributed by atoms with Crippen LogP contribution in [0.2, 0.25) is 0 Å². The summed E-state index contributed by atoms with van der Waals surface area (Å²) in [7, 11) is -3.23. The summed E-state index contributed by atoms with van der Waals surface area (Å²) >= 11 is 3.47. The van der Waals surface area contributed by atoms with E-state index in [1.54, 1.807) is 24.3 Å². The van der Waals surface area contributed by atoms with Crippen LogP contribution in [0.15, 0.2) is 46.9 Å². The van der Waals surface area contributed by atoms with Crippen LogP contribution in [0.25, 0.3) is 0 Å². The molecule has 2 fully saturated rings. The molecule has 0 unspecified atom stereocenters. The maximum absolute atomic E-state index is 12.8. The van der Waals surface area contributed by atoms with Gasteiger partial charge >= 0.3 is 0 Å². The summed E-state index contributed by atoms with van der Waals surface area (Å²) in [6.07, 6.45) is 0.623. The van der Waals surface area contributed by atoms with Crippen molar-refractivity contribution in [3.8, 4) is 0 Å². The van der Waals surface area contributed by atoms with E-state index in [4.69, 9.17) is 4.74 Å². The molecule has 29 heavy (non-hydrogen) atoms. The molecule has 154 valence electrons. The highest BCUT2D eigenvalue weighted by atomic mass is 79.9. The predicted octanol–water partition coefficient (Wildman–Crippen LogP) is 3.08. The monoisotopic (exact) mass is 479 g/mol. The van der Waals surface area contributed by atoms with Crippen LogP contribution in [-0.2, 0) is 14.8 Å². The van der Waals surface area contributed by atoms with E-state index in [2.05, 4.69) is 26.1 Å². The molecular weight excluding hydrogens is 458 g/mol. The highest BCUT2D eigenvalue weighted by Crippen LogP contribution is 2.31. The molecular formula is C20H22BrN3O4S. The largest absolute Gasteiger partial charge is 0.378 e. The summed E-state index contributed by atoms with van der Waals surface area (Å²) in [5.74, 6) is -0.0731. The fourth-order valence-electron chi connectivity index (χ4n) is 3.59. The lowest BCUT2D eigenvalue weighted by atomic mass is 10.1. The number of carbonyl (C=O) groups excluding carboxylic acids is 1. The standard InChI is InChI=1S/C20H22BrN3O4S/c21-16-4-7-19(23-9-11-28-12-10-23)18(14-16)22-20(25)15-2-5-17(6-3-15)24-8-1-13-29(24,26)27/h2-7,14H,1,8-13H2,(H,22,25). The Morgan fingerprint density at radius 3 is 2.41 bits per heavy atom. The second-order valence-corrected chi connectivity index (χ2v) is 9.93. The highest BCUT2D eigenvalue weighted by Gasteiger charge is 2.28. The maximum atomic E-state index is 12.8. The molecule has 2 aromatic carbocycles. The third kappa shape index (κ3) is 4.41. The van der Waals surface area contributed by atoms with Gasteiger partial charge in [0.25, 0.3) is 5.91 Å². The van der Waals surface area contributed by atoms with Gasteiger partial charge in [0.05, 0.1) is 36.0 Å². The number of sulfonamides is 1. The quantitative estimate of drug-likeness (QED) is 0.728. The van der Waals surface area contributed by atoms with E-state index in [-0.39, 0.29) is 11.7 Å². The van der Waals surface area contributed by atoms with Crippen LogP contribution in [0, 0.1) is 0 Å². The number of amides is 1. The molecule has 9 heteroatoms. The van der Waals surface area contributed by atoms with Crippen molar-refractivity contribution in [2.45, 2.75) is 6.42 Å². The Hall–Kier alpha value is -2.10. The lowest BCUT2D eigenvalue weighted by Crippen LogP contribution is -2.36. The molecule has 2 aliphatic rings. The third-order valence-corrected chi connectivity index (χ3v) is 7.44. The SMILES string of the molecule is O=C(Nc1cc(Br)ccc1N1CCOCC1)c1ccc(N2CCCS2(=O)=O)cc1. The third-order valence-electron chi connectivity index (χ3n) is 5.08. The lowest BCUT2D eigenvalue weighted by molar-refractivity contribution is 0.102. The van der Waals surface area contributed by atoms with E-state index in [0.29, 0.717) is 37.4 Å². The zero-order valence-corrected chi connectivity index (χ0v) is 18.2. The van der Waals surface area contributed by atoms with Gasteiger partial charge in [-0.15, -0.1) is 0 Å². The molecule has 0 spiro atoms. The number of ether oxygens (including phenoxy) is 1. The molecule has 0 saturated carbocycles. The molecule has 0 aliphatic carbocycles. The first kappa shape index (κ1) is 20.2. The van der Waals surface area contributed by atoms with Crippen LogP contribution in [0.5, 0.6) is 0 Å². The second kappa shape index (κ2) is 8.33. The Kier molecular flexibility index (Phi) is 5.80. The zero-order chi connectivity index (χ0) is 20.4. The van der Waals surface area contributed by atoms with Crippen molar-refractivity contribution in [2.24, 2.45) is 0 Å². The number of carbonyl (C=O) groups is 1. The molecule has 0 aromatic heterocycles. The van der Waals surface area contributed by atoms with Crippen molar-refractivity contribution in [2.75, 3.05) is 53.1 Å². The van der Waals surface area contributed by atoms with Crippen molar-refractivity contribution in [1.82, 2.24) is 0 Å². The van der Waals surface area contributed by atoms with E-state index < -0.39 is 10.0 Å². The number of nitrogens with zero attached hydrogens (tertiary/aromatic N) is 2. The first-order valence-corrected chi connectivity index (χ1v) is 11.9. The fraction of sp³-hybridized carbons (Fsp3) is 0.350. The van der Waals surface area contributed by atoms with Gasteiger partial charge in [-0.25, -0.2) is 8.42 Å². The van der Waals surface area contributed by atoms with Crippen molar-refractivity contribution in [3.05, 3.63) is 52.5 Å². The summed E-state index contributed by atoms with van der Waals surface area (Å²) < 4.78 is 31.8. The minimum absolute atomic E-state index is 0.169. The van der Waals surface area contributed by atoms with Gasteiger partial charge in [0.2, 0.25) is 10.0 Å². The molecule has 1 N–H and O–H groups in total. The minimum Gasteiger partial charge on any atom is -0.378 e. The Morgan fingerprint density at radius 2 is 1.76 bits per heavy atom. The van der Waals surface area contributed by atoms with Crippen molar-refractivity contribution in [3.63, 3.8) is 0 Å². The highest BCUT2D eigenvalue weighted by molar-refractivity contribution is 9.10. The summed E-state index contributed by atoms with van der Waals surface area (Å²) in [5, 5.41) is 2.99. The first-order chi connectivity index (χ1) is 13.9. The number of halogens is 1. The van der Waals surface area contributed by atoms with Crippen molar-refractivity contribution in [1.29, 1.82) is 0 Å². The van der Waals surface area contributed by atoms with Crippen molar-refractivity contribution < 1.29 is 17.9 Å². The van der Waals surface area contributed by atoms with Gasteiger partial charge in [-0.3, -0.25) is 9.10 Å². The number of benzene rings is 2. The zero-order valence-electron chi connectivity index (χ0n) is 15.8. The van der Waals surface area contributed by atoms with Gasteiger partial charge in [0.1, 0.15) is 0 Å². The van der Waals surface area contributed by atoms with Crippen molar-refractivity contribution >= 4 is 48.9 Å². The number of morpholine rings is 1. The van der Waals surface area contributed by atoms with Crippen LogP contribution >= 0.6 is 15.9 Å². The average molecular weight is 480 g/mol. The molecule has 0 bridgehead atoms. The molecule has 0 atom stereocenters. The minimum atomic E-state index is -3.23. The summed E-state index contributed by atoms with van der Waals surface area (Å²) in [6.45, 7) is 3.33. The summed E-state index contributed by atoms with van der Waals surface area (Å²) in [5.41, 5.74) is 2.73. The fourth-order valence-corrected chi connectivity index (χ4v) is 5.52. The van der Waals surface area contributed by atoms with Crippen LogP contribution in [-0.4, -0.2) is 52.9 Å². The number of hydrogen-bond donors (Lipinski definition) is 1. The molecule has 0 radical (unpaired) electrons. The number of anilines is 3. The number of rotatable bonds is 4. The van der Waals surface area contributed by atoms with Gasteiger partial charge < -0.3 is 15.0 Å². The Bertz CT molecular complexity index is 1000. The topological polar surface area (TPSA) is 79.0 Å². The second-order valence-electron chi connectivity index (χ2n) is 7.00. The van der Waals surface area contributed by atoms with Gasteiger partial charge in [-0.2, -0.15) is 0 Å². The van der Waals surface area contributed by atoms with E-state index in [0.717, 1.165) is 28.9 Å². The Balaban J connectivity index is 1.53. The first-order valence-electron chi connectivity index (χ1n) is 9.48. The average Bonchev–Trinajstić information content (AvgIpc) is 3.08. The Morgan fingerprint density at radius 1 is 1.03 bits per heavy atom. The Labute approximate surface area is 178 Å². The van der Waals surface area contributed by atoms with Gasteiger partial charge in [0, 0.05) is 29.7 Å². The van der Waals surface area contributed by atoms with Gasteiger partial charge in [0.15, 0.2) is 0 Å². The lowest BCUT2D eigenvalue weighted by Gasteiger charge is -2.30. The molecule has 4 rings (SSSR count). The van der Waals surface area contributed by atoms with Crippen LogP contribution in [0.3, 0.4) is 0 Å². The molecule has 2 aliphatic heterocycles. The van der Waals surface area contributed by atoms with E-state index in [1.807, 2.05) is 18.2 Å². The predicted molar refractivity (Wildman–Crippen MR) is 117 cm³/mol. The molecule has 7 nitrogen and oxygen atoms in total.